The minimum Gasteiger partial charge on any atom is -0.343 e. The van der Waals surface area contributed by atoms with Gasteiger partial charge in [-0.25, -0.2) is 0 Å². The predicted octanol–water partition coefficient (Wildman–Crippen LogP) is 0.346. The summed E-state index contributed by atoms with van der Waals surface area (Å²) in [6.07, 6.45) is 4.11. The number of hydrogen-bond acceptors (Lipinski definition) is 2. The minimum atomic E-state index is 0.192. The summed E-state index contributed by atoms with van der Waals surface area (Å²) < 4.78 is 0. The number of amides is 1. The minimum absolute atomic E-state index is 0.192. The van der Waals surface area contributed by atoms with Gasteiger partial charge in [0, 0.05) is 26.1 Å². The van der Waals surface area contributed by atoms with E-state index in [9.17, 15) is 4.79 Å². The molecule has 1 amide bonds. The van der Waals surface area contributed by atoms with Gasteiger partial charge in [0.05, 0.1) is 0 Å². The van der Waals surface area contributed by atoms with Crippen molar-refractivity contribution in [2.24, 2.45) is 5.73 Å². The van der Waals surface area contributed by atoms with Crippen LogP contribution in [0.1, 0.15) is 25.7 Å². The molecule has 1 aliphatic carbocycles. The third-order valence-corrected chi connectivity index (χ3v) is 2.37. The van der Waals surface area contributed by atoms with Gasteiger partial charge in [-0.15, -0.1) is 0 Å². The molecule has 1 aliphatic rings. The highest BCUT2D eigenvalue weighted by Gasteiger charge is 2.24. The Balaban J connectivity index is 2.27. The smallest absolute Gasteiger partial charge is 0.223 e. The first-order valence-electron chi connectivity index (χ1n) is 4.21. The van der Waals surface area contributed by atoms with Gasteiger partial charge in [0.2, 0.25) is 5.91 Å². The number of nitrogens with two attached hydrogens (primary N) is 1. The second-order valence-corrected chi connectivity index (χ2v) is 3.13. The molecule has 0 aromatic heterocycles. The molecule has 3 nitrogen and oxygen atoms in total. The molecule has 0 spiro atoms. The lowest BCUT2D eigenvalue weighted by molar-refractivity contribution is -0.133. The molecule has 0 saturated heterocycles. The largest absolute Gasteiger partial charge is 0.343 e. The van der Waals surface area contributed by atoms with Crippen molar-refractivity contribution in [3.05, 3.63) is 0 Å². The molecule has 0 unspecified atom stereocenters. The van der Waals surface area contributed by atoms with Gasteiger partial charge in [-0.3, -0.25) is 4.79 Å². The summed E-state index contributed by atoms with van der Waals surface area (Å²) >= 11 is 0. The van der Waals surface area contributed by atoms with E-state index < -0.39 is 0 Å². The lowest BCUT2D eigenvalue weighted by Gasteiger charge is -2.34. The Hall–Kier alpha value is -0.570. The molecule has 1 rings (SSSR count). The van der Waals surface area contributed by atoms with Crippen LogP contribution in [0.15, 0.2) is 0 Å². The lowest BCUT2D eigenvalue weighted by Crippen LogP contribution is -2.41. The molecule has 0 bridgehead atoms. The summed E-state index contributed by atoms with van der Waals surface area (Å²) in [5.41, 5.74) is 5.28. The van der Waals surface area contributed by atoms with Crippen molar-refractivity contribution in [3.63, 3.8) is 0 Å². The summed E-state index contributed by atoms with van der Waals surface area (Å²) in [5.74, 6) is 0.192. The van der Waals surface area contributed by atoms with Crippen LogP contribution in [0.3, 0.4) is 0 Å². The van der Waals surface area contributed by atoms with E-state index in [4.69, 9.17) is 5.73 Å². The molecular formula is C8H16N2O. The summed E-state index contributed by atoms with van der Waals surface area (Å²) in [6, 6.07) is 0.508. The van der Waals surface area contributed by atoms with Crippen LogP contribution in [0.25, 0.3) is 0 Å². The van der Waals surface area contributed by atoms with E-state index in [0.29, 0.717) is 19.0 Å². The van der Waals surface area contributed by atoms with Crippen LogP contribution in [0.4, 0.5) is 0 Å². The van der Waals surface area contributed by atoms with Gasteiger partial charge in [0.1, 0.15) is 0 Å². The standard InChI is InChI=1S/C8H16N2O/c1-10(7-3-2-4-7)8(11)5-6-9/h7H,2-6,9H2,1H3. The second-order valence-electron chi connectivity index (χ2n) is 3.13. The van der Waals surface area contributed by atoms with Crippen LogP contribution in [0, 0.1) is 0 Å². The highest BCUT2D eigenvalue weighted by atomic mass is 16.2. The Morgan fingerprint density at radius 1 is 1.64 bits per heavy atom. The number of nitrogens with zero attached hydrogens (tertiary/aromatic N) is 1. The van der Waals surface area contributed by atoms with E-state index in [2.05, 4.69) is 0 Å². The first kappa shape index (κ1) is 8.53. The molecule has 2 N–H and O–H groups in total. The highest BCUT2D eigenvalue weighted by Crippen LogP contribution is 2.23. The molecule has 11 heavy (non-hydrogen) atoms. The Morgan fingerprint density at radius 3 is 2.64 bits per heavy atom. The molecule has 0 heterocycles. The molecule has 0 atom stereocenters. The number of carbonyl (C=O) groups is 1. The van der Waals surface area contributed by atoms with E-state index in [0.717, 1.165) is 0 Å². The fourth-order valence-corrected chi connectivity index (χ4v) is 1.28. The molecule has 1 fully saturated rings. The van der Waals surface area contributed by atoms with Crippen LogP contribution in [0.2, 0.25) is 0 Å². The van der Waals surface area contributed by atoms with Crippen LogP contribution in [-0.2, 0) is 4.79 Å². The van der Waals surface area contributed by atoms with E-state index in [-0.39, 0.29) is 5.91 Å². The average molecular weight is 156 g/mol. The third kappa shape index (κ3) is 1.93. The van der Waals surface area contributed by atoms with E-state index in [1.165, 1.54) is 19.3 Å². The molecule has 0 aromatic carbocycles. The zero-order valence-corrected chi connectivity index (χ0v) is 7.05. The van der Waals surface area contributed by atoms with Crippen molar-refractivity contribution in [1.29, 1.82) is 0 Å². The Kier molecular flexibility index (Phi) is 2.88. The molecule has 3 heteroatoms. The number of rotatable bonds is 3. The van der Waals surface area contributed by atoms with Crippen molar-refractivity contribution < 1.29 is 4.79 Å². The maximum absolute atomic E-state index is 11.2. The molecule has 0 aromatic rings. The normalized spacial score (nSPS) is 17.6. The van der Waals surface area contributed by atoms with Gasteiger partial charge in [-0.05, 0) is 19.3 Å². The third-order valence-electron chi connectivity index (χ3n) is 2.37. The van der Waals surface area contributed by atoms with E-state index >= 15 is 0 Å². The van der Waals surface area contributed by atoms with Crippen molar-refractivity contribution >= 4 is 5.91 Å². The van der Waals surface area contributed by atoms with Gasteiger partial charge in [0.25, 0.3) is 0 Å². The number of carbonyl (C=O) groups excluding carboxylic acids is 1. The summed E-state index contributed by atoms with van der Waals surface area (Å²) in [7, 11) is 1.88. The summed E-state index contributed by atoms with van der Waals surface area (Å²) in [4.78, 5) is 13.1. The predicted molar refractivity (Wildman–Crippen MR) is 44.1 cm³/mol. The number of hydrogen-bond donors (Lipinski definition) is 1. The maximum Gasteiger partial charge on any atom is 0.223 e. The second kappa shape index (κ2) is 3.72. The molecular weight excluding hydrogens is 140 g/mol. The van der Waals surface area contributed by atoms with Gasteiger partial charge in [-0.1, -0.05) is 0 Å². The molecule has 0 aliphatic heterocycles. The molecule has 0 radical (unpaired) electrons. The quantitative estimate of drug-likeness (QED) is 0.640. The van der Waals surface area contributed by atoms with E-state index in [1.54, 1.807) is 0 Å². The van der Waals surface area contributed by atoms with Crippen molar-refractivity contribution in [3.8, 4) is 0 Å². The molecule has 1 saturated carbocycles. The van der Waals surface area contributed by atoms with Gasteiger partial charge >= 0.3 is 0 Å². The Labute approximate surface area is 67.5 Å². The fraction of sp³-hybridized carbons (Fsp3) is 0.875. The maximum atomic E-state index is 11.2. The molecule has 64 valence electrons. The fourth-order valence-electron chi connectivity index (χ4n) is 1.28. The van der Waals surface area contributed by atoms with Gasteiger partial charge in [-0.2, -0.15) is 0 Å². The Morgan fingerprint density at radius 2 is 2.27 bits per heavy atom. The summed E-state index contributed by atoms with van der Waals surface area (Å²) in [6.45, 7) is 0.468. The lowest BCUT2D eigenvalue weighted by atomic mass is 9.92. The zero-order chi connectivity index (χ0) is 8.27. The monoisotopic (exact) mass is 156 g/mol. The zero-order valence-electron chi connectivity index (χ0n) is 7.05. The van der Waals surface area contributed by atoms with Crippen LogP contribution in [0.5, 0.6) is 0 Å². The first-order chi connectivity index (χ1) is 5.25. The first-order valence-corrected chi connectivity index (χ1v) is 4.21. The average Bonchev–Trinajstić information content (AvgIpc) is 1.84. The van der Waals surface area contributed by atoms with E-state index in [1.807, 2.05) is 11.9 Å². The van der Waals surface area contributed by atoms with Gasteiger partial charge in [0.15, 0.2) is 0 Å². The summed E-state index contributed by atoms with van der Waals surface area (Å²) in [5, 5.41) is 0. The van der Waals surface area contributed by atoms with Crippen LogP contribution >= 0.6 is 0 Å². The van der Waals surface area contributed by atoms with Crippen LogP contribution in [-0.4, -0.2) is 30.4 Å². The van der Waals surface area contributed by atoms with Crippen molar-refractivity contribution in [1.82, 2.24) is 4.90 Å². The SMILES string of the molecule is CN(C(=O)CCN)C1CCC1. The highest BCUT2D eigenvalue weighted by molar-refractivity contribution is 5.76. The topological polar surface area (TPSA) is 46.3 Å². The Bertz CT molecular complexity index is 143. The van der Waals surface area contributed by atoms with Crippen LogP contribution < -0.4 is 5.73 Å². The van der Waals surface area contributed by atoms with Crippen molar-refractivity contribution in [2.45, 2.75) is 31.7 Å². The van der Waals surface area contributed by atoms with Gasteiger partial charge < -0.3 is 10.6 Å². The van der Waals surface area contributed by atoms with Crippen molar-refractivity contribution in [2.75, 3.05) is 13.6 Å².